The second kappa shape index (κ2) is 6.69. The van der Waals surface area contributed by atoms with Crippen LogP contribution in [0.5, 0.6) is 5.75 Å². The number of carbonyl (C=O) groups is 1. The Hall–Kier alpha value is -2.76. The maximum absolute atomic E-state index is 12.6. The van der Waals surface area contributed by atoms with E-state index in [1.54, 1.807) is 12.0 Å². The number of benzene rings is 2. The molecule has 2 heterocycles. The molecule has 6 nitrogen and oxygen atoms in total. The van der Waals surface area contributed by atoms with Crippen LogP contribution in [0.3, 0.4) is 0 Å². The number of fused-ring (bicyclic) bond motifs is 3. The highest BCUT2D eigenvalue weighted by molar-refractivity contribution is 6.05. The first-order chi connectivity index (χ1) is 13.3. The van der Waals surface area contributed by atoms with Crippen LogP contribution in [0.15, 0.2) is 24.3 Å². The Balaban J connectivity index is 1.74. The van der Waals surface area contributed by atoms with E-state index in [0.29, 0.717) is 6.54 Å². The Morgan fingerprint density at radius 3 is 2.79 bits per heavy atom. The third-order valence-electron chi connectivity index (χ3n) is 5.20. The minimum Gasteiger partial charge on any atom is -0.496 e. The Kier molecular flexibility index (Phi) is 4.44. The topological polar surface area (TPSA) is 67.5 Å². The normalized spacial score (nSPS) is 17.5. The van der Waals surface area contributed by atoms with E-state index < -0.39 is 5.60 Å². The molecule has 1 amide bonds. The first-order valence-corrected chi connectivity index (χ1v) is 9.73. The van der Waals surface area contributed by atoms with Gasteiger partial charge in [0.1, 0.15) is 17.2 Å². The van der Waals surface area contributed by atoms with E-state index in [1.807, 2.05) is 39.8 Å². The number of ether oxygens (including phenoxy) is 2. The van der Waals surface area contributed by atoms with Crippen molar-refractivity contribution in [1.82, 2.24) is 14.9 Å². The second-order valence-electron chi connectivity index (χ2n) is 8.46. The summed E-state index contributed by atoms with van der Waals surface area (Å²) in [6.07, 6.45) is 1.53. The van der Waals surface area contributed by atoms with E-state index in [4.69, 9.17) is 14.5 Å². The highest BCUT2D eigenvalue weighted by atomic mass is 16.6. The number of nitrogens with one attached hydrogen (secondary N) is 1. The predicted molar refractivity (Wildman–Crippen MR) is 110 cm³/mol. The number of aromatic nitrogens is 2. The fraction of sp³-hybridized carbons (Fsp3) is 0.455. The largest absolute Gasteiger partial charge is 0.496 e. The molecule has 0 bridgehead atoms. The summed E-state index contributed by atoms with van der Waals surface area (Å²) in [5.41, 5.74) is 2.45. The molecule has 0 spiro atoms. The van der Waals surface area contributed by atoms with Gasteiger partial charge >= 0.3 is 6.09 Å². The number of likely N-dealkylation sites (tertiary alicyclic amines) is 1. The monoisotopic (exact) mass is 381 g/mol. The van der Waals surface area contributed by atoms with Crippen LogP contribution in [0, 0.1) is 6.92 Å². The van der Waals surface area contributed by atoms with Gasteiger partial charge in [-0.2, -0.15) is 0 Å². The molecular weight excluding hydrogens is 354 g/mol. The number of rotatable bonds is 2. The number of aryl methyl sites for hydroxylation is 1. The predicted octanol–water partition coefficient (Wildman–Crippen LogP) is 5.11. The molecule has 4 rings (SSSR count). The minimum atomic E-state index is -0.511. The Bertz CT molecular complexity index is 1050. The zero-order chi connectivity index (χ0) is 20.1. The molecule has 2 aromatic carbocycles. The molecule has 3 aromatic rings. The molecule has 0 radical (unpaired) electrons. The zero-order valence-electron chi connectivity index (χ0n) is 17.1. The Labute approximate surface area is 164 Å². The van der Waals surface area contributed by atoms with Crippen molar-refractivity contribution in [2.45, 2.75) is 52.2 Å². The number of hydrogen-bond donors (Lipinski definition) is 1. The Morgan fingerprint density at radius 2 is 2.07 bits per heavy atom. The van der Waals surface area contributed by atoms with Crippen LogP contribution in [-0.2, 0) is 4.74 Å². The van der Waals surface area contributed by atoms with Crippen LogP contribution in [0.4, 0.5) is 4.79 Å². The van der Waals surface area contributed by atoms with Gasteiger partial charge in [-0.1, -0.05) is 6.07 Å². The summed E-state index contributed by atoms with van der Waals surface area (Å²) >= 11 is 0. The number of aromatic amines is 1. The second-order valence-corrected chi connectivity index (χ2v) is 8.46. The average molecular weight is 381 g/mol. The summed E-state index contributed by atoms with van der Waals surface area (Å²) in [5.74, 6) is 1.66. The first-order valence-electron chi connectivity index (χ1n) is 9.73. The van der Waals surface area contributed by atoms with Crippen LogP contribution in [0.1, 0.15) is 51.0 Å². The van der Waals surface area contributed by atoms with Crippen molar-refractivity contribution in [2.24, 2.45) is 0 Å². The number of methoxy groups -OCH3 is 1. The molecule has 1 aliphatic heterocycles. The lowest BCUT2D eigenvalue weighted by molar-refractivity contribution is 0.0219. The number of carbonyl (C=O) groups excluding carboxylic acids is 1. The van der Waals surface area contributed by atoms with Crippen molar-refractivity contribution in [1.29, 1.82) is 0 Å². The molecule has 1 saturated heterocycles. The molecule has 1 unspecified atom stereocenters. The van der Waals surface area contributed by atoms with Crippen molar-refractivity contribution in [3.8, 4) is 5.75 Å². The quantitative estimate of drug-likeness (QED) is 0.670. The molecule has 1 atom stereocenters. The zero-order valence-corrected chi connectivity index (χ0v) is 17.1. The SMILES string of the molecule is COc1cc2c(ccc3[nH]c(C4CCCN4C(=O)OC(C)(C)C)nc32)cc1C. The van der Waals surface area contributed by atoms with Crippen molar-refractivity contribution in [2.75, 3.05) is 13.7 Å². The number of H-pyrrole nitrogens is 1. The van der Waals surface area contributed by atoms with Gasteiger partial charge in [-0.05, 0) is 69.7 Å². The molecule has 1 N–H and O–H groups in total. The van der Waals surface area contributed by atoms with E-state index >= 15 is 0 Å². The van der Waals surface area contributed by atoms with Gasteiger partial charge < -0.3 is 14.5 Å². The molecule has 1 aromatic heterocycles. The van der Waals surface area contributed by atoms with Crippen LogP contribution in [0.25, 0.3) is 21.8 Å². The lowest BCUT2D eigenvalue weighted by atomic mass is 10.1. The van der Waals surface area contributed by atoms with E-state index in [0.717, 1.165) is 51.8 Å². The van der Waals surface area contributed by atoms with Gasteiger partial charge in [0, 0.05) is 11.9 Å². The van der Waals surface area contributed by atoms with Gasteiger partial charge in [0.25, 0.3) is 0 Å². The molecule has 0 saturated carbocycles. The molecule has 6 heteroatoms. The Morgan fingerprint density at radius 1 is 1.29 bits per heavy atom. The summed E-state index contributed by atoms with van der Waals surface area (Å²) in [4.78, 5) is 22.8. The van der Waals surface area contributed by atoms with Gasteiger partial charge in [-0.15, -0.1) is 0 Å². The summed E-state index contributed by atoms with van der Waals surface area (Å²) in [6.45, 7) is 8.39. The maximum Gasteiger partial charge on any atom is 0.410 e. The minimum absolute atomic E-state index is 0.0929. The van der Waals surface area contributed by atoms with Crippen molar-refractivity contribution in [3.05, 3.63) is 35.7 Å². The summed E-state index contributed by atoms with van der Waals surface area (Å²) in [5, 5.41) is 2.17. The fourth-order valence-corrected chi connectivity index (χ4v) is 3.93. The average Bonchev–Trinajstić information content (AvgIpc) is 3.26. The van der Waals surface area contributed by atoms with Crippen molar-refractivity contribution >= 4 is 27.9 Å². The number of nitrogens with zero attached hydrogens (tertiary/aromatic N) is 2. The van der Waals surface area contributed by atoms with Gasteiger partial charge in [0.05, 0.1) is 24.2 Å². The first kappa shape index (κ1) is 18.6. The molecule has 1 fully saturated rings. The van der Waals surface area contributed by atoms with E-state index in [9.17, 15) is 4.79 Å². The molecule has 0 aliphatic carbocycles. The lowest BCUT2D eigenvalue weighted by Crippen LogP contribution is -2.36. The number of hydrogen-bond acceptors (Lipinski definition) is 4. The van der Waals surface area contributed by atoms with Crippen molar-refractivity contribution < 1.29 is 14.3 Å². The van der Waals surface area contributed by atoms with E-state index in [2.05, 4.69) is 17.1 Å². The number of amides is 1. The standard InChI is InChI=1S/C22H27N3O3/c1-13-11-14-8-9-16-19(15(14)12-18(13)27-5)24-20(23-16)17-7-6-10-25(17)21(26)28-22(2,3)4/h8-9,11-12,17H,6-7,10H2,1-5H3,(H,23,24). The van der Waals surface area contributed by atoms with Crippen LogP contribution < -0.4 is 4.74 Å². The highest BCUT2D eigenvalue weighted by Gasteiger charge is 2.35. The lowest BCUT2D eigenvalue weighted by Gasteiger charge is -2.27. The van der Waals surface area contributed by atoms with Gasteiger partial charge in [0.15, 0.2) is 0 Å². The molecule has 28 heavy (non-hydrogen) atoms. The highest BCUT2D eigenvalue weighted by Crippen LogP contribution is 2.35. The third kappa shape index (κ3) is 3.28. The molecular formula is C22H27N3O3. The van der Waals surface area contributed by atoms with Crippen molar-refractivity contribution in [3.63, 3.8) is 0 Å². The van der Waals surface area contributed by atoms with Gasteiger partial charge in [-0.25, -0.2) is 9.78 Å². The van der Waals surface area contributed by atoms with E-state index in [-0.39, 0.29) is 12.1 Å². The van der Waals surface area contributed by atoms with Crippen LogP contribution in [-0.4, -0.2) is 40.2 Å². The van der Waals surface area contributed by atoms with Gasteiger partial charge in [-0.3, -0.25) is 4.90 Å². The smallest absolute Gasteiger partial charge is 0.410 e. The van der Waals surface area contributed by atoms with Gasteiger partial charge in [0.2, 0.25) is 0 Å². The third-order valence-corrected chi connectivity index (χ3v) is 5.20. The van der Waals surface area contributed by atoms with E-state index in [1.165, 1.54) is 0 Å². The van der Waals surface area contributed by atoms with Crippen LogP contribution >= 0.6 is 0 Å². The maximum atomic E-state index is 12.6. The summed E-state index contributed by atoms with van der Waals surface area (Å²) in [6, 6.07) is 8.20. The molecule has 1 aliphatic rings. The summed E-state index contributed by atoms with van der Waals surface area (Å²) < 4.78 is 11.1. The summed E-state index contributed by atoms with van der Waals surface area (Å²) in [7, 11) is 1.68. The molecule has 148 valence electrons. The van der Waals surface area contributed by atoms with Crippen LogP contribution in [0.2, 0.25) is 0 Å². The number of imidazole rings is 1. The fourth-order valence-electron chi connectivity index (χ4n) is 3.93.